The number of carbonyl (C=O) groups excluding carboxylic acids is 2. The summed E-state index contributed by atoms with van der Waals surface area (Å²) < 4.78 is 0. The predicted molar refractivity (Wildman–Crippen MR) is 71.3 cm³/mol. The van der Waals surface area contributed by atoms with Gasteiger partial charge in [0.2, 0.25) is 0 Å². The van der Waals surface area contributed by atoms with Crippen molar-refractivity contribution in [3.05, 3.63) is 51.2 Å². The van der Waals surface area contributed by atoms with Crippen LogP contribution in [0.25, 0.3) is 0 Å². The minimum Gasteiger partial charge on any atom is -0.299 e. The number of Topliss-reactive ketones (excluding diaryl/α,β-unsaturated/α-hetero) is 1. The highest BCUT2D eigenvalue weighted by Crippen LogP contribution is 2.35. The van der Waals surface area contributed by atoms with Crippen molar-refractivity contribution in [2.75, 3.05) is 4.90 Å². The minimum atomic E-state index is -0.521. The summed E-state index contributed by atoms with van der Waals surface area (Å²) in [4.78, 5) is 26.4. The average Bonchev–Trinajstić information content (AvgIpc) is 2.94. The van der Waals surface area contributed by atoms with Gasteiger partial charge in [0.25, 0.3) is 11.7 Å². The van der Waals surface area contributed by atoms with Gasteiger partial charge < -0.3 is 0 Å². The standard InChI is InChI=1S/C13H8ClNO2S/c14-9-4-1-5-10-11(9)12(16)13(17)15(10)7-8-3-2-6-18-8/h1-6H,7H2. The second-order valence-electron chi connectivity index (χ2n) is 3.93. The van der Waals surface area contributed by atoms with E-state index in [1.165, 1.54) is 4.90 Å². The molecule has 0 unspecified atom stereocenters. The molecule has 3 nitrogen and oxygen atoms in total. The topological polar surface area (TPSA) is 37.4 Å². The number of benzene rings is 1. The molecule has 5 heteroatoms. The van der Waals surface area contributed by atoms with Gasteiger partial charge in [-0.15, -0.1) is 11.3 Å². The van der Waals surface area contributed by atoms with Crippen LogP contribution in [0.1, 0.15) is 15.2 Å². The van der Waals surface area contributed by atoms with Gasteiger partial charge >= 0.3 is 0 Å². The highest BCUT2D eigenvalue weighted by molar-refractivity contribution is 7.09. The summed E-state index contributed by atoms with van der Waals surface area (Å²) in [7, 11) is 0. The van der Waals surface area contributed by atoms with Crippen LogP contribution in [-0.4, -0.2) is 11.7 Å². The van der Waals surface area contributed by atoms with E-state index in [1.54, 1.807) is 29.5 Å². The Bertz CT molecular complexity index is 636. The van der Waals surface area contributed by atoms with E-state index in [1.807, 2.05) is 17.5 Å². The van der Waals surface area contributed by atoms with Gasteiger partial charge in [-0.25, -0.2) is 0 Å². The van der Waals surface area contributed by atoms with Gasteiger partial charge in [-0.05, 0) is 23.6 Å². The first-order valence-electron chi connectivity index (χ1n) is 5.35. The molecule has 0 saturated carbocycles. The lowest BCUT2D eigenvalue weighted by Crippen LogP contribution is -2.28. The van der Waals surface area contributed by atoms with Crippen molar-refractivity contribution in [1.82, 2.24) is 0 Å². The number of hydrogen-bond donors (Lipinski definition) is 0. The van der Waals surface area contributed by atoms with Gasteiger partial charge in [0.1, 0.15) is 0 Å². The van der Waals surface area contributed by atoms with Gasteiger partial charge in [-0.1, -0.05) is 23.7 Å². The normalized spacial score (nSPS) is 14.2. The lowest BCUT2D eigenvalue weighted by atomic mass is 10.1. The summed E-state index contributed by atoms with van der Waals surface area (Å²) in [6.45, 7) is 0.412. The van der Waals surface area contributed by atoms with Crippen molar-refractivity contribution in [1.29, 1.82) is 0 Å². The quantitative estimate of drug-likeness (QED) is 0.791. The lowest BCUT2D eigenvalue weighted by molar-refractivity contribution is -0.114. The van der Waals surface area contributed by atoms with Gasteiger partial charge in [0.05, 0.1) is 22.8 Å². The summed E-state index contributed by atoms with van der Waals surface area (Å²) in [6, 6.07) is 8.97. The SMILES string of the molecule is O=C1C(=O)N(Cc2cccs2)c2cccc(Cl)c21. The number of rotatable bonds is 2. The molecule has 18 heavy (non-hydrogen) atoms. The maximum atomic E-state index is 12.0. The molecule has 1 aliphatic heterocycles. The number of nitrogens with zero attached hydrogens (tertiary/aromatic N) is 1. The Morgan fingerprint density at radius 2 is 2.00 bits per heavy atom. The molecule has 0 spiro atoms. The largest absolute Gasteiger partial charge is 0.299 e. The van der Waals surface area contributed by atoms with Crippen LogP contribution in [0, 0.1) is 0 Å². The van der Waals surface area contributed by atoms with Crippen LogP contribution in [0.5, 0.6) is 0 Å². The van der Waals surface area contributed by atoms with E-state index in [9.17, 15) is 9.59 Å². The molecule has 1 aromatic carbocycles. The zero-order chi connectivity index (χ0) is 12.7. The second-order valence-corrected chi connectivity index (χ2v) is 5.37. The molecule has 2 heterocycles. The van der Waals surface area contributed by atoms with E-state index < -0.39 is 11.7 Å². The van der Waals surface area contributed by atoms with E-state index in [2.05, 4.69) is 0 Å². The Kier molecular flexibility index (Phi) is 2.69. The molecule has 0 N–H and O–H groups in total. The van der Waals surface area contributed by atoms with Crippen LogP contribution in [0.2, 0.25) is 5.02 Å². The zero-order valence-electron chi connectivity index (χ0n) is 9.22. The highest BCUT2D eigenvalue weighted by atomic mass is 35.5. The molecule has 1 aliphatic rings. The summed E-state index contributed by atoms with van der Waals surface area (Å²) in [5.41, 5.74) is 0.923. The molecular formula is C13H8ClNO2S. The smallest absolute Gasteiger partial charge is 0.299 e. The van der Waals surface area contributed by atoms with Gasteiger partial charge in [0, 0.05) is 4.88 Å². The van der Waals surface area contributed by atoms with E-state index in [4.69, 9.17) is 11.6 Å². The predicted octanol–water partition coefficient (Wildman–Crippen LogP) is 3.13. The maximum Gasteiger partial charge on any atom is 0.299 e. The molecule has 0 atom stereocenters. The Morgan fingerprint density at radius 1 is 1.17 bits per heavy atom. The molecule has 0 radical (unpaired) electrons. The molecule has 3 rings (SSSR count). The monoisotopic (exact) mass is 277 g/mol. The number of fused-ring (bicyclic) bond motifs is 1. The average molecular weight is 278 g/mol. The van der Waals surface area contributed by atoms with Crippen LogP contribution in [0.4, 0.5) is 5.69 Å². The number of thiophene rings is 1. The first-order chi connectivity index (χ1) is 8.68. The van der Waals surface area contributed by atoms with Crippen molar-refractivity contribution < 1.29 is 9.59 Å². The number of halogens is 1. The van der Waals surface area contributed by atoms with E-state index >= 15 is 0 Å². The molecular weight excluding hydrogens is 270 g/mol. The van der Waals surface area contributed by atoms with Crippen LogP contribution < -0.4 is 4.90 Å². The maximum absolute atomic E-state index is 12.0. The Hall–Kier alpha value is -1.65. The zero-order valence-corrected chi connectivity index (χ0v) is 10.8. The molecule has 0 fully saturated rings. The first-order valence-corrected chi connectivity index (χ1v) is 6.61. The van der Waals surface area contributed by atoms with Crippen molar-refractivity contribution in [2.45, 2.75) is 6.54 Å². The van der Waals surface area contributed by atoms with Gasteiger partial charge in [0.15, 0.2) is 0 Å². The third-order valence-electron chi connectivity index (χ3n) is 2.84. The molecule has 2 aromatic rings. The summed E-state index contributed by atoms with van der Waals surface area (Å²) >= 11 is 7.53. The van der Waals surface area contributed by atoms with Crippen molar-refractivity contribution in [3.63, 3.8) is 0 Å². The molecule has 0 aliphatic carbocycles. The van der Waals surface area contributed by atoms with E-state index in [-0.39, 0.29) is 0 Å². The molecule has 1 amide bonds. The summed E-state index contributed by atoms with van der Waals surface area (Å²) in [6.07, 6.45) is 0. The second kappa shape index (κ2) is 4.23. The molecule has 90 valence electrons. The lowest BCUT2D eigenvalue weighted by Gasteiger charge is -2.15. The fraction of sp³-hybridized carbons (Fsp3) is 0.0769. The third kappa shape index (κ3) is 1.65. The number of hydrogen-bond acceptors (Lipinski definition) is 3. The van der Waals surface area contributed by atoms with Gasteiger partial charge in [-0.3, -0.25) is 14.5 Å². The van der Waals surface area contributed by atoms with E-state index in [0.29, 0.717) is 22.8 Å². The van der Waals surface area contributed by atoms with Crippen LogP contribution in [0.15, 0.2) is 35.7 Å². The molecule has 0 bridgehead atoms. The number of anilines is 1. The van der Waals surface area contributed by atoms with Gasteiger partial charge in [-0.2, -0.15) is 0 Å². The minimum absolute atomic E-state index is 0.320. The third-order valence-corrected chi connectivity index (χ3v) is 4.02. The van der Waals surface area contributed by atoms with Crippen molar-refractivity contribution >= 4 is 40.3 Å². The molecule has 0 saturated heterocycles. The number of ketones is 1. The fourth-order valence-corrected chi connectivity index (χ4v) is 2.96. The summed E-state index contributed by atoms with van der Waals surface area (Å²) in [5.74, 6) is -1.03. The number of carbonyl (C=O) groups is 2. The molecule has 1 aromatic heterocycles. The first kappa shape index (κ1) is 11.4. The van der Waals surface area contributed by atoms with E-state index in [0.717, 1.165) is 4.88 Å². The van der Waals surface area contributed by atoms with Crippen LogP contribution >= 0.6 is 22.9 Å². The number of amides is 1. The summed E-state index contributed by atoms with van der Waals surface area (Å²) in [5, 5.41) is 2.27. The van der Waals surface area contributed by atoms with Crippen LogP contribution in [-0.2, 0) is 11.3 Å². The Morgan fingerprint density at radius 3 is 2.72 bits per heavy atom. The highest BCUT2D eigenvalue weighted by Gasteiger charge is 2.37. The Balaban J connectivity index is 2.05. The fourth-order valence-electron chi connectivity index (χ4n) is 2.02. The Labute approximate surface area is 113 Å². The van der Waals surface area contributed by atoms with Crippen molar-refractivity contribution in [3.8, 4) is 0 Å². The van der Waals surface area contributed by atoms with Crippen molar-refractivity contribution in [2.24, 2.45) is 0 Å². The van der Waals surface area contributed by atoms with Crippen LogP contribution in [0.3, 0.4) is 0 Å².